The van der Waals surface area contributed by atoms with Gasteiger partial charge in [0.05, 0.1) is 0 Å². The van der Waals surface area contributed by atoms with Crippen LogP contribution in [0.25, 0.3) is 0 Å². The largest absolute Gasteiger partial charge is 0.411 e. The summed E-state index contributed by atoms with van der Waals surface area (Å²) in [5.74, 6) is 1.19. The molecule has 1 N–H and O–H groups in total. The van der Waals surface area contributed by atoms with Gasteiger partial charge in [0.25, 0.3) is 0 Å². The van der Waals surface area contributed by atoms with E-state index in [4.69, 9.17) is 28.4 Å². The topological polar surface area (TPSA) is 35.8 Å². The van der Waals surface area contributed by atoms with E-state index < -0.39 is 0 Å². The Morgan fingerprint density at radius 1 is 1.11 bits per heavy atom. The number of benzene rings is 1. The summed E-state index contributed by atoms with van der Waals surface area (Å²) in [7, 11) is 0. The summed E-state index contributed by atoms with van der Waals surface area (Å²) in [5.41, 5.74) is 2.44. The Bertz CT molecular complexity index is 362. The van der Waals surface area contributed by atoms with E-state index in [0.29, 0.717) is 11.8 Å². The van der Waals surface area contributed by atoms with Gasteiger partial charge in [-0.05, 0) is 37.0 Å². The van der Waals surface area contributed by atoms with Gasteiger partial charge in [0.1, 0.15) is 0 Å². The van der Waals surface area contributed by atoms with Gasteiger partial charge in [-0.1, -0.05) is 12.1 Å². The molecule has 0 aliphatic carbocycles. The Balaban J connectivity index is 2.53. The number of oxime groups is 1. The lowest BCUT2D eigenvalue weighted by molar-refractivity contribution is 0.320. The highest BCUT2D eigenvalue weighted by atomic mass is 35.5. The molecule has 0 heterocycles. The van der Waals surface area contributed by atoms with Crippen LogP contribution in [0.15, 0.2) is 29.4 Å². The normalized spacial score (nSPS) is 11.1. The molecule has 0 amide bonds. The third-order valence-electron chi connectivity index (χ3n) is 2.89. The van der Waals surface area contributed by atoms with Crippen LogP contribution >= 0.6 is 23.2 Å². The molecule has 1 aromatic carbocycles. The van der Waals surface area contributed by atoms with Gasteiger partial charge in [-0.2, -0.15) is 0 Å². The Morgan fingerprint density at radius 2 is 1.74 bits per heavy atom. The first-order chi connectivity index (χ1) is 9.31. The zero-order valence-corrected chi connectivity index (χ0v) is 12.4. The number of unbranched alkanes of at least 4 members (excludes halogenated alkanes) is 1. The Labute approximate surface area is 124 Å². The molecule has 0 unspecified atom stereocenters. The summed E-state index contributed by atoms with van der Waals surface area (Å²) in [6.07, 6.45) is 4.29. The molecule has 0 atom stereocenters. The van der Waals surface area contributed by atoms with Crippen LogP contribution in [0, 0.1) is 0 Å². The maximum absolute atomic E-state index is 8.30. The van der Waals surface area contributed by atoms with Gasteiger partial charge >= 0.3 is 0 Å². The van der Waals surface area contributed by atoms with E-state index in [1.54, 1.807) is 0 Å². The van der Waals surface area contributed by atoms with Gasteiger partial charge in [0.2, 0.25) is 0 Å². The van der Waals surface area contributed by atoms with Crippen LogP contribution in [0.3, 0.4) is 0 Å². The quantitative estimate of drug-likeness (QED) is 0.248. The molecule has 0 saturated carbocycles. The second-order valence-corrected chi connectivity index (χ2v) is 4.98. The molecule has 0 radical (unpaired) electrons. The van der Waals surface area contributed by atoms with Crippen molar-refractivity contribution >= 4 is 35.1 Å². The summed E-state index contributed by atoms with van der Waals surface area (Å²) >= 11 is 11.6. The summed E-state index contributed by atoms with van der Waals surface area (Å²) in [5, 5.41) is 11.3. The van der Waals surface area contributed by atoms with Crippen molar-refractivity contribution in [2.75, 3.05) is 29.7 Å². The lowest BCUT2D eigenvalue weighted by Gasteiger charge is -2.23. The molecule has 5 heteroatoms. The number of alkyl halides is 2. The van der Waals surface area contributed by atoms with Crippen LogP contribution in [0.5, 0.6) is 0 Å². The number of anilines is 1. The predicted molar refractivity (Wildman–Crippen MR) is 83.3 cm³/mol. The van der Waals surface area contributed by atoms with E-state index >= 15 is 0 Å². The van der Waals surface area contributed by atoms with E-state index in [1.807, 2.05) is 0 Å². The smallest absolute Gasteiger partial charge is 0.0436 e. The number of rotatable bonds is 9. The summed E-state index contributed by atoms with van der Waals surface area (Å²) in [6, 6.07) is 8.46. The molecule has 19 heavy (non-hydrogen) atoms. The number of hydrogen-bond acceptors (Lipinski definition) is 3. The minimum absolute atomic E-state index is 0.596. The van der Waals surface area contributed by atoms with Crippen molar-refractivity contribution in [3.8, 4) is 0 Å². The maximum atomic E-state index is 8.30. The maximum Gasteiger partial charge on any atom is 0.0436 e. The van der Waals surface area contributed by atoms with Crippen molar-refractivity contribution in [3.05, 3.63) is 29.8 Å². The molecule has 0 fully saturated rings. The SMILES string of the molecule is ON=CCCCc1ccc(N(CCCl)CCCl)cc1. The summed E-state index contributed by atoms with van der Waals surface area (Å²) in [6.45, 7) is 1.61. The van der Waals surface area contributed by atoms with Crippen LogP contribution < -0.4 is 4.90 Å². The fourth-order valence-corrected chi connectivity index (χ4v) is 2.31. The minimum Gasteiger partial charge on any atom is -0.411 e. The second kappa shape index (κ2) is 9.93. The molecule has 1 rings (SSSR count). The van der Waals surface area contributed by atoms with Crippen molar-refractivity contribution in [3.63, 3.8) is 0 Å². The van der Waals surface area contributed by atoms with Crippen molar-refractivity contribution in [2.45, 2.75) is 19.3 Å². The summed E-state index contributed by atoms with van der Waals surface area (Å²) in [4.78, 5) is 2.18. The third-order valence-corrected chi connectivity index (χ3v) is 3.23. The number of aryl methyl sites for hydroxylation is 1. The molecule has 0 aliphatic rings. The molecule has 0 aromatic heterocycles. The first-order valence-electron chi connectivity index (χ1n) is 6.43. The fraction of sp³-hybridized carbons (Fsp3) is 0.500. The zero-order chi connectivity index (χ0) is 13.9. The van der Waals surface area contributed by atoms with Crippen molar-refractivity contribution in [1.29, 1.82) is 0 Å². The van der Waals surface area contributed by atoms with Crippen LogP contribution in [0.1, 0.15) is 18.4 Å². The minimum atomic E-state index is 0.596. The Hall–Kier alpha value is -0.930. The van der Waals surface area contributed by atoms with E-state index in [1.165, 1.54) is 11.8 Å². The van der Waals surface area contributed by atoms with Gasteiger partial charge in [0.15, 0.2) is 0 Å². The first kappa shape index (κ1) is 16.1. The van der Waals surface area contributed by atoms with Gasteiger partial charge < -0.3 is 10.1 Å². The lowest BCUT2D eigenvalue weighted by Crippen LogP contribution is -2.27. The Morgan fingerprint density at radius 3 is 2.26 bits per heavy atom. The Kier molecular flexibility index (Phi) is 8.43. The van der Waals surface area contributed by atoms with E-state index in [2.05, 4.69) is 34.3 Å². The van der Waals surface area contributed by atoms with Crippen LogP contribution in [0.2, 0.25) is 0 Å². The average Bonchev–Trinajstić information content (AvgIpc) is 2.44. The van der Waals surface area contributed by atoms with Crippen molar-refractivity contribution < 1.29 is 5.21 Å². The zero-order valence-electron chi connectivity index (χ0n) is 10.9. The molecule has 3 nitrogen and oxygen atoms in total. The number of nitrogens with zero attached hydrogens (tertiary/aromatic N) is 2. The highest BCUT2D eigenvalue weighted by Gasteiger charge is 2.04. The predicted octanol–water partition coefficient (Wildman–Crippen LogP) is 3.75. The summed E-state index contributed by atoms with van der Waals surface area (Å²) < 4.78 is 0. The molecule has 0 spiro atoms. The van der Waals surface area contributed by atoms with Gasteiger partial charge in [-0.15, -0.1) is 28.4 Å². The van der Waals surface area contributed by atoms with Crippen molar-refractivity contribution in [2.24, 2.45) is 5.16 Å². The van der Waals surface area contributed by atoms with E-state index in [-0.39, 0.29) is 0 Å². The van der Waals surface area contributed by atoms with Crippen molar-refractivity contribution in [1.82, 2.24) is 0 Å². The average molecular weight is 303 g/mol. The van der Waals surface area contributed by atoms with Gasteiger partial charge in [0, 0.05) is 36.8 Å². The van der Waals surface area contributed by atoms with E-state index in [9.17, 15) is 0 Å². The monoisotopic (exact) mass is 302 g/mol. The molecular formula is C14H20Cl2N2O. The number of hydrogen-bond donors (Lipinski definition) is 1. The molecule has 106 valence electrons. The molecular weight excluding hydrogens is 283 g/mol. The van der Waals surface area contributed by atoms with Crippen LogP contribution in [-0.2, 0) is 6.42 Å². The molecule has 0 saturated heterocycles. The molecule has 0 bridgehead atoms. The molecule has 0 aliphatic heterocycles. The second-order valence-electron chi connectivity index (χ2n) is 4.22. The van der Waals surface area contributed by atoms with Gasteiger partial charge in [-0.25, -0.2) is 0 Å². The van der Waals surface area contributed by atoms with Crippen LogP contribution in [-0.4, -0.2) is 36.3 Å². The van der Waals surface area contributed by atoms with Gasteiger partial charge in [-0.3, -0.25) is 0 Å². The first-order valence-corrected chi connectivity index (χ1v) is 7.50. The highest BCUT2D eigenvalue weighted by Crippen LogP contribution is 2.16. The molecule has 1 aromatic rings. The third kappa shape index (κ3) is 6.17. The standard InChI is InChI=1S/C14H20Cl2N2O/c15-8-11-18(12-9-16)14-6-4-13(5-7-14)3-1-2-10-17-19/h4-7,10,19H,1-3,8-9,11-12H2. The highest BCUT2D eigenvalue weighted by molar-refractivity contribution is 6.18. The lowest BCUT2D eigenvalue weighted by atomic mass is 10.1. The number of halogens is 2. The van der Waals surface area contributed by atoms with E-state index in [0.717, 1.165) is 38.0 Å². The van der Waals surface area contributed by atoms with Crippen LogP contribution in [0.4, 0.5) is 5.69 Å². The fourth-order valence-electron chi connectivity index (χ4n) is 1.90.